The second-order valence-electron chi connectivity index (χ2n) is 2.52. The number of rotatable bonds is 2. The van der Waals surface area contributed by atoms with E-state index >= 15 is 0 Å². The molecule has 2 heterocycles. The van der Waals surface area contributed by atoms with Crippen LogP contribution >= 0.6 is 43.2 Å². The predicted octanol–water partition coefficient (Wildman–Crippen LogP) is -4.94. The van der Waals surface area contributed by atoms with E-state index in [-0.39, 0.29) is 37.7 Å². The van der Waals surface area contributed by atoms with Crippen LogP contribution in [-0.4, -0.2) is 22.4 Å². The molecule has 0 aromatic carbocycles. The van der Waals surface area contributed by atoms with Crippen molar-refractivity contribution in [3.05, 3.63) is 23.0 Å². The number of aliphatic carboxylic acids is 2. The van der Waals surface area contributed by atoms with Crippen LogP contribution in [0.15, 0.2) is 23.0 Å². The average Bonchev–Trinajstić information content (AvgIpc) is 3.06. The van der Waals surface area contributed by atoms with Gasteiger partial charge in [-0.05, 0) is 10.8 Å². The molecule has 10 heteroatoms. The van der Waals surface area contributed by atoms with Gasteiger partial charge in [0.15, 0.2) is 0 Å². The van der Waals surface area contributed by atoms with Gasteiger partial charge >= 0.3 is 37.7 Å². The van der Waals surface area contributed by atoms with E-state index in [9.17, 15) is 19.8 Å². The Labute approximate surface area is 158 Å². The Bertz CT molecular complexity index is 307. The van der Waals surface area contributed by atoms with Gasteiger partial charge in [0.2, 0.25) is 0 Å². The van der Waals surface area contributed by atoms with E-state index < -0.39 is 22.4 Å². The van der Waals surface area contributed by atoms with Gasteiger partial charge in [-0.3, -0.25) is 0 Å². The number of carbonyl (C=O) groups excluding carboxylic acids is 2. The minimum atomic E-state index is -1.00. The van der Waals surface area contributed by atoms with Gasteiger partial charge in [-0.15, -0.1) is 0 Å². The van der Waals surface area contributed by atoms with Crippen LogP contribution in [0.4, 0.5) is 0 Å². The van der Waals surface area contributed by atoms with E-state index in [0.717, 1.165) is 0 Å². The molecular weight excluding hydrogens is 326 g/mol. The molecular formula is C10H12Li2O4S4. The third-order valence-electron chi connectivity index (χ3n) is 1.40. The molecule has 0 aliphatic carbocycles. The van der Waals surface area contributed by atoms with Crippen LogP contribution < -0.4 is 47.9 Å². The molecule has 0 aromatic rings. The predicted molar refractivity (Wildman–Crippen MR) is 77.6 cm³/mol. The molecule has 20 heavy (non-hydrogen) atoms. The molecule has 4 nitrogen and oxygen atoms in total. The molecule has 0 radical (unpaired) electrons. The standard InChI is InChI=1S/2C4H4O2S2.C2H6.2Li/c2*5-4(6)3-1-2-7-8-3;1-2;;/h2*1-3H,(H,5,6);1-2H3;;/q;;;2*+1/p-2. The van der Waals surface area contributed by atoms with E-state index in [0.29, 0.717) is 0 Å². The first-order chi connectivity index (χ1) is 8.61. The number of carboxylic acids is 2. The van der Waals surface area contributed by atoms with Gasteiger partial charge in [-0.1, -0.05) is 69.2 Å². The molecule has 2 rings (SSSR count). The van der Waals surface area contributed by atoms with Crippen molar-refractivity contribution in [2.45, 2.75) is 24.3 Å². The van der Waals surface area contributed by atoms with E-state index in [1.165, 1.54) is 43.2 Å². The number of carboxylic acid groups (broad SMARTS) is 2. The van der Waals surface area contributed by atoms with Gasteiger partial charge in [-0.2, -0.15) is 0 Å². The molecule has 0 aromatic heterocycles. The van der Waals surface area contributed by atoms with Crippen LogP contribution in [0.2, 0.25) is 0 Å². The van der Waals surface area contributed by atoms with E-state index in [2.05, 4.69) is 0 Å². The summed E-state index contributed by atoms with van der Waals surface area (Å²) in [6.07, 6.45) is 3.23. The minimum Gasteiger partial charge on any atom is -0.549 e. The molecule has 0 amide bonds. The van der Waals surface area contributed by atoms with Gasteiger partial charge < -0.3 is 19.8 Å². The Hall–Kier alpha value is 1.01. The monoisotopic (exact) mass is 338 g/mol. The number of hydrogen-bond donors (Lipinski definition) is 0. The fraction of sp³-hybridized carbons (Fsp3) is 0.400. The van der Waals surface area contributed by atoms with Crippen molar-refractivity contribution in [2.75, 3.05) is 0 Å². The van der Waals surface area contributed by atoms with Crippen LogP contribution in [0.1, 0.15) is 13.8 Å². The quantitative estimate of drug-likeness (QED) is 0.366. The third kappa shape index (κ3) is 11.7. The smallest absolute Gasteiger partial charge is 0.549 e. The molecule has 2 aliphatic heterocycles. The zero-order valence-corrected chi connectivity index (χ0v) is 15.0. The summed E-state index contributed by atoms with van der Waals surface area (Å²) < 4.78 is 0. The third-order valence-corrected chi connectivity index (χ3v) is 5.85. The first-order valence-corrected chi connectivity index (χ1v) is 9.56. The summed E-state index contributed by atoms with van der Waals surface area (Å²) in [5, 5.41) is 22.7. The number of hydrogen-bond acceptors (Lipinski definition) is 8. The molecule has 0 fully saturated rings. The summed E-state index contributed by atoms with van der Waals surface area (Å²) in [5.41, 5.74) is 0. The van der Waals surface area contributed by atoms with Crippen molar-refractivity contribution >= 4 is 55.1 Å². The zero-order chi connectivity index (χ0) is 14.0. The molecule has 0 bridgehead atoms. The second-order valence-corrected chi connectivity index (χ2v) is 7.16. The molecule has 2 aliphatic rings. The molecule has 0 saturated heterocycles. The fourth-order valence-electron chi connectivity index (χ4n) is 0.691. The first kappa shape index (κ1) is 25.9. The van der Waals surface area contributed by atoms with Crippen LogP contribution in [0.3, 0.4) is 0 Å². The largest absolute Gasteiger partial charge is 1.00 e. The summed E-state index contributed by atoms with van der Waals surface area (Å²) in [6.45, 7) is 4.00. The van der Waals surface area contributed by atoms with Gasteiger partial charge in [-0.25, -0.2) is 0 Å². The van der Waals surface area contributed by atoms with Gasteiger partial charge in [0.05, 0.1) is 22.4 Å². The maximum absolute atomic E-state index is 10.0. The molecule has 0 saturated carbocycles. The van der Waals surface area contributed by atoms with Crippen LogP contribution in [-0.2, 0) is 9.59 Å². The molecule has 102 valence electrons. The average molecular weight is 338 g/mol. The summed E-state index contributed by atoms with van der Waals surface area (Å²) in [5.74, 6) is -2.01. The van der Waals surface area contributed by atoms with Gasteiger partial charge in [0.25, 0.3) is 0 Å². The Kier molecular flexibility index (Phi) is 21.3. The minimum absolute atomic E-state index is 0. The topological polar surface area (TPSA) is 80.3 Å². The Morgan fingerprint density at radius 1 is 0.850 bits per heavy atom. The maximum Gasteiger partial charge on any atom is 1.00 e. The molecule has 2 atom stereocenters. The fourth-order valence-corrected chi connectivity index (χ4v) is 4.49. The summed E-state index contributed by atoms with van der Waals surface area (Å²) in [7, 11) is 5.44. The van der Waals surface area contributed by atoms with Crippen LogP contribution in [0, 0.1) is 0 Å². The Morgan fingerprint density at radius 2 is 1.15 bits per heavy atom. The zero-order valence-electron chi connectivity index (χ0n) is 11.7. The van der Waals surface area contributed by atoms with E-state index in [4.69, 9.17) is 0 Å². The molecule has 2 unspecified atom stereocenters. The SMILES string of the molecule is CC.O=C([O-])C1C=CSS1.O=C([O-])C1C=CSS1.[Li+].[Li+]. The van der Waals surface area contributed by atoms with Gasteiger partial charge in [0.1, 0.15) is 0 Å². The summed E-state index contributed by atoms with van der Waals surface area (Å²) >= 11 is 0. The van der Waals surface area contributed by atoms with E-state index in [1.807, 2.05) is 13.8 Å². The molecule has 0 spiro atoms. The first-order valence-electron chi connectivity index (χ1n) is 5.00. The maximum atomic E-state index is 10.0. The second kappa shape index (κ2) is 16.4. The van der Waals surface area contributed by atoms with Crippen molar-refractivity contribution < 1.29 is 57.5 Å². The van der Waals surface area contributed by atoms with Crippen LogP contribution in [0.25, 0.3) is 0 Å². The van der Waals surface area contributed by atoms with Crippen molar-refractivity contribution in [3.63, 3.8) is 0 Å². The van der Waals surface area contributed by atoms with Crippen LogP contribution in [0.5, 0.6) is 0 Å². The Morgan fingerprint density at radius 3 is 1.25 bits per heavy atom. The van der Waals surface area contributed by atoms with Crippen molar-refractivity contribution in [3.8, 4) is 0 Å². The van der Waals surface area contributed by atoms with E-state index in [1.54, 1.807) is 23.0 Å². The van der Waals surface area contributed by atoms with Crippen molar-refractivity contribution in [1.82, 2.24) is 0 Å². The van der Waals surface area contributed by atoms with Gasteiger partial charge in [0, 0.05) is 0 Å². The normalized spacial score (nSPS) is 21.3. The summed E-state index contributed by atoms with van der Waals surface area (Å²) in [6, 6.07) is 0. The molecule has 0 N–H and O–H groups in total. The van der Waals surface area contributed by atoms with Crippen molar-refractivity contribution in [1.29, 1.82) is 0 Å². The summed E-state index contributed by atoms with van der Waals surface area (Å²) in [4.78, 5) is 20.0. The number of carbonyl (C=O) groups is 2. The van der Waals surface area contributed by atoms with Crippen molar-refractivity contribution in [2.24, 2.45) is 0 Å². The Balaban J connectivity index is -0.000000236.